The summed E-state index contributed by atoms with van der Waals surface area (Å²) in [6.45, 7) is 1.84. The quantitative estimate of drug-likeness (QED) is 0.601. The van der Waals surface area contributed by atoms with Gasteiger partial charge in [-0.05, 0) is 17.7 Å². The van der Waals surface area contributed by atoms with E-state index in [1.807, 2.05) is 0 Å². The molecule has 0 saturated carbocycles. The maximum atomic E-state index is 14.5. The van der Waals surface area contributed by atoms with Crippen molar-refractivity contribution in [1.82, 2.24) is 10.2 Å². The number of ether oxygens (including phenoxy) is 1. The van der Waals surface area contributed by atoms with Gasteiger partial charge in [0.15, 0.2) is 17.5 Å². The SMILES string of the molecule is Oc1cc(F)c(F)c(F)c1[C@H](c1ccc(OC(F)(F)F)cc1)N1CCNCC1. The standard InChI is InChI=1S/C18H16F6N2O2/c19-12-9-13(27)14(16(21)15(12)20)17(26-7-5-25-6-8-26)10-1-3-11(4-2-10)28-18(22,23)24/h1-4,9,17,25,27H,5-8H2/t17-/m0/s1. The molecule has 1 heterocycles. The third-order valence-corrected chi connectivity index (χ3v) is 4.40. The van der Waals surface area contributed by atoms with E-state index in [4.69, 9.17) is 0 Å². The van der Waals surface area contributed by atoms with E-state index in [-0.39, 0.29) is 5.56 Å². The van der Waals surface area contributed by atoms with Gasteiger partial charge in [-0.3, -0.25) is 4.90 Å². The molecule has 2 aromatic rings. The summed E-state index contributed by atoms with van der Waals surface area (Å²) >= 11 is 0. The Hall–Kier alpha value is -2.46. The number of nitrogens with zero attached hydrogens (tertiary/aromatic N) is 1. The van der Waals surface area contributed by atoms with Crippen molar-refractivity contribution in [2.75, 3.05) is 26.2 Å². The molecule has 1 saturated heterocycles. The summed E-state index contributed by atoms with van der Waals surface area (Å²) in [5.41, 5.74) is -0.193. The Kier molecular flexibility index (Phi) is 5.71. The van der Waals surface area contributed by atoms with E-state index < -0.39 is 46.9 Å². The van der Waals surface area contributed by atoms with Gasteiger partial charge in [0.1, 0.15) is 11.5 Å². The number of hydrogen-bond acceptors (Lipinski definition) is 4. The van der Waals surface area contributed by atoms with Crippen molar-refractivity contribution in [2.45, 2.75) is 12.4 Å². The number of benzene rings is 2. The summed E-state index contributed by atoms with van der Waals surface area (Å²) in [6.07, 6.45) is -4.87. The molecule has 3 rings (SSSR count). The van der Waals surface area contributed by atoms with Crippen LogP contribution in [0.25, 0.3) is 0 Å². The molecule has 0 aliphatic carbocycles. The summed E-state index contributed by atoms with van der Waals surface area (Å²) in [4.78, 5) is 1.71. The van der Waals surface area contributed by atoms with Gasteiger partial charge >= 0.3 is 6.36 Å². The third-order valence-electron chi connectivity index (χ3n) is 4.40. The molecule has 4 nitrogen and oxygen atoms in total. The Labute approximate surface area is 156 Å². The van der Waals surface area contributed by atoms with E-state index in [1.165, 1.54) is 12.1 Å². The van der Waals surface area contributed by atoms with Crippen LogP contribution in [0.4, 0.5) is 26.3 Å². The fourth-order valence-corrected chi connectivity index (χ4v) is 3.21. The summed E-state index contributed by atoms with van der Waals surface area (Å²) in [5, 5.41) is 13.2. The molecule has 0 amide bonds. The Balaban J connectivity index is 2.05. The summed E-state index contributed by atoms with van der Waals surface area (Å²) < 4.78 is 82.6. The second-order valence-corrected chi connectivity index (χ2v) is 6.22. The van der Waals surface area contributed by atoms with Gasteiger partial charge in [-0.25, -0.2) is 13.2 Å². The van der Waals surface area contributed by atoms with Crippen molar-refractivity contribution in [2.24, 2.45) is 0 Å². The molecule has 152 valence electrons. The molecule has 1 fully saturated rings. The van der Waals surface area contributed by atoms with Crippen LogP contribution >= 0.6 is 0 Å². The van der Waals surface area contributed by atoms with E-state index in [2.05, 4.69) is 10.1 Å². The van der Waals surface area contributed by atoms with Crippen LogP contribution in [0, 0.1) is 17.5 Å². The first-order chi connectivity index (χ1) is 13.2. The van der Waals surface area contributed by atoms with Crippen LogP contribution in [0.5, 0.6) is 11.5 Å². The molecule has 0 radical (unpaired) electrons. The lowest BCUT2D eigenvalue weighted by Crippen LogP contribution is -2.45. The zero-order valence-electron chi connectivity index (χ0n) is 14.4. The topological polar surface area (TPSA) is 44.7 Å². The smallest absolute Gasteiger partial charge is 0.507 e. The molecule has 28 heavy (non-hydrogen) atoms. The van der Waals surface area contributed by atoms with Crippen molar-refractivity contribution in [3.8, 4) is 11.5 Å². The molecular formula is C18H16F6N2O2. The highest BCUT2D eigenvalue weighted by molar-refractivity contribution is 5.44. The number of hydrogen-bond donors (Lipinski definition) is 2. The minimum atomic E-state index is -4.87. The van der Waals surface area contributed by atoms with Crippen molar-refractivity contribution >= 4 is 0 Å². The van der Waals surface area contributed by atoms with Gasteiger partial charge < -0.3 is 15.2 Å². The van der Waals surface area contributed by atoms with Gasteiger partial charge in [-0.1, -0.05) is 12.1 Å². The molecule has 0 spiro atoms. The predicted octanol–water partition coefficient (Wildman–Crippen LogP) is 3.70. The zero-order chi connectivity index (χ0) is 20.5. The molecule has 2 N–H and O–H groups in total. The number of nitrogens with one attached hydrogen (secondary N) is 1. The van der Waals surface area contributed by atoms with Crippen LogP contribution in [-0.2, 0) is 0 Å². The fourth-order valence-electron chi connectivity index (χ4n) is 3.21. The maximum Gasteiger partial charge on any atom is 0.573 e. The second-order valence-electron chi connectivity index (χ2n) is 6.22. The predicted molar refractivity (Wildman–Crippen MR) is 87.4 cm³/mol. The Morgan fingerprint density at radius 1 is 1.00 bits per heavy atom. The van der Waals surface area contributed by atoms with Crippen LogP contribution in [0.15, 0.2) is 30.3 Å². The van der Waals surface area contributed by atoms with Gasteiger partial charge in [-0.2, -0.15) is 0 Å². The Morgan fingerprint density at radius 2 is 1.61 bits per heavy atom. The van der Waals surface area contributed by atoms with E-state index in [1.54, 1.807) is 4.90 Å². The van der Waals surface area contributed by atoms with E-state index in [9.17, 15) is 31.4 Å². The number of rotatable bonds is 4. The minimum Gasteiger partial charge on any atom is -0.507 e. The monoisotopic (exact) mass is 406 g/mol. The molecule has 1 aliphatic rings. The molecule has 0 unspecified atom stereocenters. The Bertz CT molecular complexity index is 835. The van der Waals surface area contributed by atoms with Crippen molar-refractivity contribution in [1.29, 1.82) is 0 Å². The fraction of sp³-hybridized carbons (Fsp3) is 0.333. The first-order valence-electron chi connectivity index (χ1n) is 8.34. The van der Waals surface area contributed by atoms with Crippen molar-refractivity contribution in [3.63, 3.8) is 0 Å². The van der Waals surface area contributed by atoms with Crippen molar-refractivity contribution in [3.05, 3.63) is 58.9 Å². The highest BCUT2D eigenvalue weighted by Gasteiger charge is 2.33. The summed E-state index contributed by atoms with van der Waals surface area (Å²) in [5.74, 6) is -6.07. The molecule has 1 aliphatic heterocycles. The first-order valence-corrected chi connectivity index (χ1v) is 8.34. The Morgan fingerprint density at radius 3 is 2.18 bits per heavy atom. The number of alkyl halides is 3. The maximum absolute atomic E-state index is 14.5. The van der Waals surface area contributed by atoms with E-state index in [0.717, 1.165) is 12.1 Å². The molecule has 2 aromatic carbocycles. The normalized spacial score (nSPS) is 16.8. The number of phenols is 1. The van der Waals surface area contributed by atoms with Gasteiger partial charge in [0.25, 0.3) is 0 Å². The third kappa shape index (κ3) is 4.33. The minimum absolute atomic E-state index is 0.289. The van der Waals surface area contributed by atoms with Gasteiger partial charge in [0.05, 0.1) is 11.6 Å². The first kappa shape index (κ1) is 20.3. The largest absolute Gasteiger partial charge is 0.573 e. The lowest BCUT2D eigenvalue weighted by atomic mass is 9.94. The van der Waals surface area contributed by atoms with Crippen LogP contribution in [0.1, 0.15) is 17.2 Å². The lowest BCUT2D eigenvalue weighted by molar-refractivity contribution is -0.274. The van der Waals surface area contributed by atoms with Gasteiger partial charge in [0.2, 0.25) is 0 Å². The molecule has 1 atom stereocenters. The number of piperazine rings is 1. The van der Waals surface area contributed by atoms with Crippen LogP contribution in [0.3, 0.4) is 0 Å². The molecular weight excluding hydrogens is 390 g/mol. The molecule has 10 heteroatoms. The van der Waals surface area contributed by atoms with Crippen molar-refractivity contribution < 1.29 is 36.2 Å². The molecule has 0 bridgehead atoms. The lowest BCUT2D eigenvalue weighted by Gasteiger charge is -2.36. The van der Waals surface area contributed by atoms with Crippen LogP contribution < -0.4 is 10.1 Å². The summed E-state index contributed by atoms with van der Waals surface area (Å²) in [6, 6.07) is 4.03. The van der Waals surface area contributed by atoms with E-state index in [0.29, 0.717) is 32.2 Å². The molecule has 0 aromatic heterocycles. The van der Waals surface area contributed by atoms with Crippen LogP contribution in [-0.4, -0.2) is 42.5 Å². The average Bonchev–Trinajstić information content (AvgIpc) is 2.64. The van der Waals surface area contributed by atoms with Gasteiger partial charge in [-0.15, -0.1) is 13.2 Å². The zero-order valence-corrected chi connectivity index (χ0v) is 14.4. The number of halogens is 6. The second kappa shape index (κ2) is 7.88. The highest BCUT2D eigenvalue weighted by atomic mass is 19.4. The summed E-state index contributed by atoms with van der Waals surface area (Å²) in [7, 11) is 0. The number of phenolic OH excluding ortho intramolecular Hbond substituents is 1. The van der Waals surface area contributed by atoms with E-state index >= 15 is 0 Å². The average molecular weight is 406 g/mol. The number of aromatic hydroxyl groups is 1. The van der Waals surface area contributed by atoms with Crippen LogP contribution in [0.2, 0.25) is 0 Å². The highest BCUT2D eigenvalue weighted by Crippen LogP contribution is 2.38. The van der Waals surface area contributed by atoms with Gasteiger partial charge in [0, 0.05) is 32.2 Å².